The van der Waals surface area contributed by atoms with Gasteiger partial charge in [-0.3, -0.25) is 14.1 Å². The van der Waals surface area contributed by atoms with E-state index in [0.717, 1.165) is 51.4 Å². The van der Waals surface area contributed by atoms with Crippen LogP contribution in [0.2, 0.25) is 0 Å². The molecule has 7 atom stereocenters. The molecule has 12 nitrogen and oxygen atoms in total. The Morgan fingerprint density at radius 1 is 1.05 bits per heavy atom. The third kappa shape index (κ3) is 5.63. The largest absolute Gasteiger partial charge is 0.459 e. The Morgan fingerprint density at radius 2 is 1.69 bits per heavy atom. The number of ether oxygens (including phenoxy) is 5. The van der Waals surface area contributed by atoms with Gasteiger partial charge in [-0.1, -0.05) is 19.3 Å². The van der Waals surface area contributed by atoms with E-state index < -0.39 is 94.1 Å². The molecule has 5 rings (SSSR count). The molecule has 0 amide bonds. The molecular formula is C27H36F2O12S. The van der Waals surface area contributed by atoms with Crippen LogP contribution >= 0.6 is 0 Å². The van der Waals surface area contributed by atoms with Crippen LogP contribution in [0.5, 0.6) is 0 Å². The monoisotopic (exact) mass is 622 g/mol. The van der Waals surface area contributed by atoms with Crippen LogP contribution in [0.15, 0.2) is 0 Å². The molecule has 0 spiro atoms. The molecule has 7 unspecified atom stereocenters. The fourth-order valence-electron chi connectivity index (χ4n) is 7.85. The Morgan fingerprint density at radius 3 is 2.33 bits per heavy atom. The molecule has 0 aromatic heterocycles. The van der Waals surface area contributed by atoms with Gasteiger partial charge in [0.2, 0.25) is 0 Å². The van der Waals surface area contributed by atoms with Crippen molar-refractivity contribution >= 4 is 34.0 Å². The minimum Gasteiger partial charge on any atom is -0.459 e. The summed E-state index contributed by atoms with van der Waals surface area (Å²) in [6.45, 7) is -1.22. The summed E-state index contributed by atoms with van der Waals surface area (Å²) in [5.41, 5.74) is -0.529. The lowest BCUT2D eigenvalue weighted by Crippen LogP contribution is -2.48. The maximum atomic E-state index is 13.7. The second kappa shape index (κ2) is 11.6. The Hall–Kier alpha value is -2.39. The quantitative estimate of drug-likeness (QED) is 0.203. The van der Waals surface area contributed by atoms with Gasteiger partial charge in [0, 0.05) is 11.8 Å². The molecular weight excluding hydrogens is 586 g/mol. The number of hydrogen-bond acceptors (Lipinski definition) is 11. The van der Waals surface area contributed by atoms with E-state index in [1.54, 1.807) is 0 Å². The van der Waals surface area contributed by atoms with Gasteiger partial charge in [0.15, 0.2) is 6.10 Å². The van der Waals surface area contributed by atoms with Gasteiger partial charge in [-0.25, -0.2) is 9.59 Å². The van der Waals surface area contributed by atoms with E-state index in [4.69, 9.17) is 23.5 Å². The topological polar surface area (TPSA) is 169 Å². The van der Waals surface area contributed by atoms with Crippen LogP contribution in [0.1, 0.15) is 71.1 Å². The van der Waals surface area contributed by atoms with Crippen molar-refractivity contribution in [3.8, 4) is 0 Å². The van der Waals surface area contributed by atoms with Gasteiger partial charge in [-0.15, -0.1) is 0 Å². The highest BCUT2D eigenvalue weighted by molar-refractivity contribution is 7.86. The predicted molar refractivity (Wildman–Crippen MR) is 135 cm³/mol. The Labute approximate surface area is 241 Å². The molecule has 0 aromatic rings. The van der Waals surface area contributed by atoms with Crippen LogP contribution in [-0.4, -0.2) is 79.2 Å². The van der Waals surface area contributed by atoms with E-state index in [1.807, 2.05) is 0 Å². The van der Waals surface area contributed by atoms with Crippen molar-refractivity contribution in [2.75, 3.05) is 13.2 Å². The number of halogens is 2. The van der Waals surface area contributed by atoms with Crippen molar-refractivity contribution < 1.29 is 64.6 Å². The molecule has 1 heterocycles. The Balaban J connectivity index is 1.17. The first-order valence-electron chi connectivity index (χ1n) is 14.5. The van der Waals surface area contributed by atoms with E-state index in [-0.39, 0.29) is 5.92 Å². The average Bonchev–Trinajstić information content (AvgIpc) is 3.67. The maximum Gasteiger partial charge on any atom is 0.405 e. The van der Waals surface area contributed by atoms with E-state index >= 15 is 0 Å². The van der Waals surface area contributed by atoms with Gasteiger partial charge in [-0.05, 0) is 57.8 Å². The molecule has 5 aliphatic rings. The third-order valence-electron chi connectivity index (χ3n) is 9.75. The molecule has 42 heavy (non-hydrogen) atoms. The van der Waals surface area contributed by atoms with E-state index in [9.17, 15) is 36.4 Å². The number of carbonyl (C=O) groups is 4. The molecule has 4 saturated carbocycles. The number of esters is 4. The number of fused-ring (bicyclic) bond motifs is 1. The summed E-state index contributed by atoms with van der Waals surface area (Å²) in [7, 11) is -5.83. The van der Waals surface area contributed by atoms with Crippen LogP contribution in [0, 0.1) is 29.6 Å². The van der Waals surface area contributed by atoms with E-state index in [2.05, 4.69) is 4.74 Å². The van der Waals surface area contributed by atoms with Gasteiger partial charge in [0.25, 0.3) is 0 Å². The molecule has 0 radical (unpaired) electrons. The van der Waals surface area contributed by atoms with Crippen molar-refractivity contribution in [2.45, 2.75) is 100 Å². The lowest BCUT2D eigenvalue weighted by Gasteiger charge is -2.41. The van der Waals surface area contributed by atoms with Crippen LogP contribution in [0.4, 0.5) is 8.78 Å². The van der Waals surface area contributed by atoms with Gasteiger partial charge in [0.05, 0.1) is 11.8 Å². The van der Waals surface area contributed by atoms with Gasteiger partial charge >= 0.3 is 39.2 Å². The van der Waals surface area contributed by atoms with Crippen LogP contribution in [-0.2, 0) is 53.0 Å². The number of alkyl halides is 2. The zero-order valence-corrected chi connectivity index (χ0v) is 24.0. The highest BCUT2D eigenvalue weighted by Crippen LogP contribution is 2.59. The summed E-state index contributed by atoms with van der Waals surface area (Å²) >= 11 is 0. The first-order valence-corrected chi connectivity index (χ1v) is 15.9. The molecule has 236 valence electrons. The zero-order valence-electron chi connectivity index (χ0n) is 23.2. The van der Waals surface area contributed by atoms with Crippen molar-refractivity contribution in [3.63, 3.8) is 0 Å². The lowest BCUT2D eigenvalue weighted by atomic mass is 9.75. The van der Waals surface area contributed by atoms with E-state index in [0.29, 0.717) is 19.3 Å². The smallest absolute Gasteiger partial charge is 0.405 e. The molecule has 4 aliphatic carbocycles. The summed E-state index contributed by atoms with van der Waals surface area (Å²) < 4.78 is 83.8. The van der Waals surface area contributed by atoms with Crippen molar-refractivity contribution in [2.24, 2.45) is 29.6 Å². The van der Waals surface area contributed by atoms with Crippen molar-refractivity contribution in [1.82, 2.24) is 0 Å². The highest BCUT2D eigenvalue weighted by atomic mass is 32.2. The second-order valence-corrected chi connectivity index (χ2v) is 13.7. The van der Waals surface area contributed by atoms with Gasteiger partial charge in [0.1, 0.15) is 31.0 Å². The fraction of sp³-hybridized carbons (Fsp3) is 0.852. The van der Waals surface area contributed by atoms with Crippen molar-refractivity contribution in [3.05, 3.63) is 0 Å². The summed E-state index contributed by atoms with van der Waals surface area (Å²) in [6, 6.07) is 0. The fourth-order valence-corrected chi connectivity index (χ4v) is 8.31. The standard InChI is InChI=1S/C27H36F2O12S/c1-14(27(28,29)42(34,35)36)38-18(30)12-37-13-19(31)39-22-17-11-16-20(24(32)40-23(16)22)21(17)25(33)41-26(9-5-6-10-26)15-7-3-2-4-8-15/h14-17,20-23H,2-13H2,1H3,(H,34,35,36). The minimum absolute atomic E-state index is 0.291. The molecule has 1 saturated heterocycles. The maximum absolute atomic E-state index is 13.7. The molecule has 15 heteroatoms. The minimum atomic E-state index is -5.83. The zero-order chi connectivity index (χ0) is 30.4. The van der Waals surface area contributed by atoms with Crippen LogP contribution < -0.4 is 0 Å². The molecule has 5 fully saturated rings. The number of rotatable bonds is 11. The lowest BCUT2D eigenvalue weighted by molar-refractivity contribution is -0.182. The van der Waals surface area contributed by atoms with E-state index in [1.165, 1.54) is 6.42 Å². The second-order valence-electron chi connectivity index (χ2n) is 12.2. The predicted octanol–water partition coefficient (Wildman–Crippen LogP) is 2.57. The summed E-state index contributed by atoms with van der Waals surface area (Å²) in [5.74, 6) is -5.28. The molecule has 0 aromatic carbocycles. The summed E-state index contributed by atoms with van der Waals surface area (Å²) in [4.78, 5) is 50.8. The first-order chi connectivity index (χ1) is 19.7. The first kappa shape index (κ1) is 31.0. The molecule has 1 aliphatic heterocycles. The third-order valence-corrected chi connectivity index (χ3v) is 10.8. The average molecular weight is 623 g/mol. The molecule has 2 bridgehead atoms. The number of carbonyl (C=O) groups excluding carboxylic acids is 4. The Bertz CT molecular complexity index is 1190. The highest BCUT2D eigenvalue weighted by Gasteiger charge is 2.70. The van der Waals surface area contributed by atoms with Crippen molar-refractivity contribution in [1.29, 1.82) is 0 Å². The van der Waals surface area contributed by atoms with Crippen LogP contribution in [0.25, 0.3) is 0 Å². The summed E-state index contributed by atoms with van der Waals surface area (Å²) in [6.07, 6.45) is 5.23. The van der Waals surface area contributed by atoms with Gasteiger partial charge < -0.3 is 23.7 Å². The number of hydrogen-bond donors (Lipinski definition) is 1. The Kier molecular flexibility index (Phi) is 8.58. The van der Waals surface area contributed by atoms with Gasteiger partial charge in [-0.2, -0.15) is 17.2 Å². The van der Waals surface area contributed by atoms with Crippen LogP contribution in [0.3, 0.4) is 0 Å². The molecule has 1 N–H and O–H groups in total. The normalized spacial score (nSPS) is 32.8. The SMILES string of the molecule is CC(OC(=O)COCC(=O)OC1C2CC3C1OC(=O)C3C2C(=O)OC1(C2CCCCC2)CCCC1)C(F)(F)S(=O)(=O)O. The summed E-state index contributed by atoms with van der Waals surface area (Å²) in [5, 5.41) is -4.74.